The van der Waals surface area contributed by atoms with Gasteiger partial charge in [0.1, 0.15) is 13.1 Å². The Kier molecular flexibility index (Phi) is 3.94. The zero-order valence-corrected chi connectivity index (χ0v) is 10.8. The Labute approximate surface area is 113 Å². The quantitative estimate of drug-likeness (QED) is 0.517. The third-order valence-corrected chi connectivity index (χ3v) is 3.35. The number of thiophene rings is 1. The van der Waals surface area contributed by atoms with E-state index in [-0.39, 0.29) is 25.5 Å². The minimum atomic E-state index is -0.468. The van der Waals surface area contributed by atoms with Crippen molar-refractivity contribution < 1.29 is 14.4 Å². The number of carbonyl (C=O) groups excluding carboxylic acids is 3. The zero-order chi connectivity index (χ0) is 13.8. The van der Waals surface area contributed by atoms with Gasteiger partial charge < -0.3 is 10.6 Å². The van der Waals surface area contributed by atoms with Gasteiger partial charge >= 0.3 is 0 Å². The molecule has 0 aliphatic carbocycles. The molecule has 0 spiro atoms. The molecular weight excluding hydrogens is 266 g/mol. The van der Waals surface area contributed by atoms with Gasteiger partial charge in [-0.2, -0.15) is 0 Å². The smallest absolute Gasteiger partial charge is 0.264 e. The second-order valence-electron chi connectivity index (χ2n) is 3.80. The number of hydrogen-bond donors (Lipinski definition) is 2. The fourth-order valence-corrected chi connectivity index (χ4v) is 2.44. The highest BCUT2D eigenvalue weighted by molar-refractivity contribution is 7.14. The minimum Gasteiger partial charge on any atom is -0.320 e. The number of piperazine rings is 1. The summed E-state index contributed by atoms with van der Waals surface area (Å²) in [5, 5.41) is 2.14. The number of nitrogens with two attached hydrogens (primary N) is 1. The Morgan fingerprint density at radius 1 is 1.37 bits per heavy atom. The largest absolute Gasteiger partial charge is 0.320 e. The number of nitrogens with one attached hydrogen (secondary N) is 1. The van der Waals surface area contributed by atoms with Gasteiger partial charge in [0, 0.05) is 0 Å². The number of nitrogens with zero attached hydrogens (tertiary/aromatic N) is 1. The van der Waals surface area contributed by atoms with Gasteiger partial charge in [0.15, 0.2) is 0 Å². The van der Waals surface area contributed by atoms with Crippen molar-refractivity contribution in [1.82, 2.24) is 10.2 Å². The molecule has 0 unspecified atom stereocenters. The van der Waals surface area contributed by atoms with Crippen LogP contribution < -0.4 is 11.1 Å². The summed E-state index contributed by atoms with van der Waals surface area (Å²) in [7, 11) is 0. The molecule has 19 heavy (non-hydrogen) atoms. The number of amides is 3. The lowest BCUT2D eigenvalue weighted by atomic mass is 10.3. The van der Waals surface area contributed by atoms with E-state index in [1.54, 1.807) is 12.1 Å². The summed E-state index contributed by atoms with van der Waals surface area (Å²) in [4.78, 5) is 36.9. The average Bonchev–Trinajstić information content (AvgIpc) is 2.83. The first-order valence-electron chi connectivity index (χ1n) is 5.51. The molecule has 1 aromatic rings. The Bertz CT molecular complexity index is 581. The van der Waals surface area contributed by atoms with Gasteiger partial charge in [0.05, 0.1) is 16.3 Å². The second-order valence-corrected chi connectivity index (χ2v) is 4.89. The van der Waals surface area contributed by atoms with Crippen molar-refractivity contribution in [3.8, 4) is 11.8 Å². The van der Waals surface area contributed by atoms with Crippen LogP contribution in [0.15, 0.2) is 12.1 Å². The van der Waals surface area contributed by atoms with Crippen LogP contribution in [0.25, 0.3) is 0 Å². The van der Waals surface area contributed by atoms with Crippen LogP contribution in [0.4, 0.5) is 0 Å². The van der Waals surface area contributed by atoms with Crippen LogP contribution in [-0.4, -0.2) is 42.3 Å². The van der Waals surface area contributed by atoms with Gasteiger partial charge in [-0.1, -0.05) is 11.8 Å². The van der Waals surface area contributed by atoms with E-state index in [0.717, 1.165) is 4.88 Å². The van der Waals surface area contributed by atoms with E-state index in [4.69, 9.17) is 5.73 Å². The Balaban J connectivity index is 2.13. The van der Waals surface area contributed by atoms with Gasteiger partial charge in [-0.25, -0.2) is 0 Å². The normalized spacial score (nSPS) is 14.7. The molecule has 1 saturated heterocycles. The summed E-state index contributed by atoms with van der Waals surface area (Å²) < 4.78 is 0. The van der Waals surface area contributed by atoms with Crippen molar-refractivity contribution in [3.05, 3.63) is 21.9 Å². The predicted octanol–water partition coefficient (Wildman–Crippen LogP) is -0.843. The van der Waals surface area contributed by atoms with E-state index in [2.05, 4.69) is 17.2 Å². The van der Waals surface area contributed by atoms with Crippen molar-refractivity contribution in [1.29, 1.82) is 0 Å². The van der Waals surface area contributed by atoms with Crippen LogP contribution in [-0.2, 0) is 9.59 Å². The topological polar surface area (TPSA) is 92.5 Å². The van der Waals surface area contributed by atoms with E-state index >= 15 is 0 Å². The highest BCUT2D eigenvalue weighted by atomic mass is 32.1. The summed E-state index contributed by atoms with van der Waals surface area (Å²) in [6.07, 6.45) is 0. The van der Waals surface area contributed by atoms with Crippen molar-refractivity contribution >= 4 is 29.1 Å². The molecule has 2 rings (SSSR count). The third-order valence-electron chi connectivity index (χ3n) is 2.37. The Morgan fingerprint density at radius 3 is 2.68 bits per heavy atom. The summed E-state index contributed by atoms with van der Waals surface area (Å²) in [6, 6.07) is 3.34. The number of imide groups is 1. The fraction of sp³-hybridized carbons (Fsp3) is 0.250. The standard InChI is InChI=1S/C12H11N3O3S/c13-5-1-2-8-3-4-9(19-8)12(18)15-6-10(16)14-11(17)7-15/h3-4H,5-7,13H2,(H,14,16,17). The second kappa shape index (κ2) is 5.65. The first kappa shape index (κ1) is 13.3. The molecule has 1 aromatic heterocycles. The maximum Gasteiger partial charge on any atom is 0.264 e. The zero-order valence-electron chi connectivity index (χ0n) is 9.93. The lowest BCUT2D eigenvalue weighted by molar-refractivity contribution is -0.135. The molecule has 3 amide bonds. The molecule has 98 valence electrons. The van der Waals surface area contributed by atoms with Crippen LogP contribution in [0.2, 0.25) is 0 Å². The van der Waals surface area contributed by atoms with E-state index < -0.39 is 11.8 Å². The molecule has 0 bridgehead atoms. The van der Waals surface area contributed by atoms with Crippen LogP contribution in [0.5, 0.6) is 0 Å². The first-order valence-corrected chi connectivity index (χ1v) is 6.32. The van der Waals surface area contributed by atoms with Crippen LogP contribution in [0.3, 0.4) is 0 Å². The van der Waals surface area contributed by atoms with Gasteiger partial charge in [-0.15, -0.1) is 11.3 Å². The Hall–Kier alpha value is -2.17. The molecule has 0 atom stereocenters. The van der Waals surface area contributed by atoms with Crippen molar-refractivity contribution in [2.45, 2.75) is 0 Å². The van der Waals surface area contributed by atoms with Crippen molar-refractivity contribution in [2.24, 2.45) is 5.73 Å². The maximum atomic E-state index is 12.1. The Morgan fingerprint density at radius 2 is 2.05 bits per heavy atom. The SMILES string of the molecule is NCC#Cc1ccc(C(=O)N2CC(=O)NC(=O)C2)s1. The molecule has 3 N–H and O–H groups in total. The third kappa shape index (κ3) is 3.19. The van der Waals surface area contributed by atoms with Crippen molar-refractivity contribution in [3.63, 3.8) is 0 Å². The van der Waals surface area contributed by atoms with E-state index in [9.17, 15) is 14.4 Å². The molecule has 2 heterocycles. The van der Waals surface area contributed by atoms with Crippen molar-refractivity contribution in [2.75, 3.05) is 19.6 Å². The molecule has 0 saturated carbocycles. The fourth-order valence-electron chi connectivity index (χ4n) is 1.59. The number of hydrogen-bond acceptors (Lipinski definition) is 5. The number of rotatable bonds is 1. The minimum absolute atomic E-state index is 0.105. The molecule has 1 fully saturated rings. The summed E-state index contributed by atoms with van der Waals surface area (Å²) in [5.41, 5.74) is 5.26. The van der Waals surface area contributed by atoms with Crippen LogP contribution in [0.1, 0.15) is 14.5 Å². The van der Waals surface area contributed by atoms with E-state index in [0.29, 0.717) is 4.88 Å². The predicted molar refractivity (Wildman–Crippen MR) is 69.3 cm³/mol. The molecule has 1 aliphatic rings. The molecule has 6 nitrogen and oxygen atoms in total. The summed E-state index contributed by atoms with van der Waals surface area (Å²) in [5.74, 6) is 4.25. The number of carbonyl (C=O) groups is 3. The van der Waals surface area contributed by atoms with Gasteiger partial charge in [-0.3, -0.25) is 19.7 Å². The highest BCUT2D eigenvalue weighted by Gasteiger charge is 2.27. The monoisotopic (exact) mass is 277 g/mol. The molecule has 0 aromatic carbocycles. The van der Waals surface area contributed by atoms with E-state index in [1.165, 1.54) is 16.2 Å². The van der Waals surface area contributed by atoms with Gasteiger partial charge in [0.25, 0.3) is 5.91 Å². The highest BCUT2D eigenvalue weighted by Crippen LogP contribution is 2.18. The molecule has 1 aliphatic heterocycles. The molecule has 7 heteroatoms. The molecular formula is C12H11N3O3S. The van der Waals surface area contributed by atoms with Crippen LogP contribution in [0, 0.1) is 11.8 Å². The van der Waals surface area contributed by atoms with E-state index in [1.807, 2.05) is 0 Å². The summed E-state index contributed by atoms with van der Waals surface area (Å²) in [6.45, 7) is 0.0422. The maximum absolute atomic E-state index is 12.1. The first-order chi connectivity index (χ1) is 9.10. The van der Waals surface area contributed by atoms with Crippen LogP contribution >= 0.6 is 11.3 Å². The lowest BCUT2D eigenvalue weighted by Gasteiger charge is -2.24. The van der Waals surface area contributed by atoms with Gasteiger partial charge in [0.2, 0.25) is 11.8 Å². The molecule has 0 radical (unpaired) electrons. The van der Waals surface area contributed by atoms with Gasteiger partial charge in [-0.05, 0) is 12.1 Å². The average molecular weight is 277 g/mol. The lowest BCUT2D eigenvalue weighted by Crippen LogP contribution is -2.53. The summed E-state index contributed by atoms with van der Waals surface area (Å²) >= 11 is 1.21.